The lowest BCUT2D eigenvalue weighted by atomic mass is 9.80. The fourth-order valence-electron chi connectivity index (χ4n) is 3.45. The molecule has 3 rings (SSSR count). The van der Waals surface area contributed by atoms with Crippen molar-refractivity contribution in [3.8, 4) is 11.5 Å². The number of hydrogen-bond acceptors (Lipinski definition) is 4. The van der Waals surface area contributed by atoms with Crippen molar-refractivity contribution >= 4 is 5.78 Å². The third kappa shape index (κ3) is 3.09. The summed E-state index contributed by atoms with van der Waals surface area (Å²) < 4.78 is 58.4. The van der Waals surface area contributed by atoms with Crippen molar-refractivity contribution in [2.24, 2.45) is 11.8 Å². The Morgan fingerprint density at radius 1 is 1.43 bits per heavy atom. The molecule has 2 heterocycles. The van der Waals surface area contributed by atoms with Gasteiger partial charge in [-0.05, 0) is 42.0 Å². The van der Waals surface area contributed by atoms with Crippen LogP contribution in [0.5, 0.6) is 11.5 Å². The smallest absolute Gasteiger partial charge is 0.161 e. The van der Waals surface area contributed by atoms with E-state index in [1.54, 1.807) is 6.07 Å². The quantitative estimate of drug-likeness (QED) is 0.853. The van der Waals surface area contributed by atoms with Crippen molar-refractivity contribution in [1.29, 1.82) is 0 Å². The molecule has 23 heavy (non-hydrogen) atoms. The molecule has 1 aromatic rings. The highest BCUT2D eigenvalue weighted by Gasteiger charge is 2.38. The first kappa shape index (κ1) is 10.3. The Hall–Kier alpha value is -1.55. The summed E-state index contributed by atoms with van der Waals surface area (Å²) in [6, 6.07) is 2.24. The average molecular weight is 323 g/mol. The van der Waals surface area contributed by atoms with Crippen LogP contribution >= 0.6 is 0 Å². The summed E-state index contributed by atoms with van der Waals surface area (Å²) in [6.07, 6.45) is -1.41. The first-order valence-corrected chi connectivity index (χ1v) is 7.97. The van der Waals surface area contributed by atoms with Gasteiger partial charge in [0.15, 0.2) is 11.5 Å². The maximum atomic E-state index is 13.1. The van der Waals surface area contributed by atoms with Gasteiger partial charge in [-0.1, -0.05) is 13.8 Å². The molecular formula is C19H27NO3. The molecule has 0 amide bonds. The largest absolute Gasteiger partial charge is 0.493 e. The Morgan fingerprint density at radius 2 is 2.22 bits per heavy atom. The molecule has 1 fully saturated rings. The first-order valence-electron chi connectivity index (χ1n) is 11.0. The molecule has 0 spiro atoms. The number of carbonyl (C=O) groups is 1. The molecule has 0 saturated carbocycles. The van der Waals surface area contributed by atoms with Crippen LogP contribution in [-0.4, -0.2) is 37.9 Å². The highest BCUT2D eigenvalue weighted by atomic mass is 16.5. The molecule has 0 aromatic heterocycles. The number of fused-ring (bicyclic) bond motifs is 3. The van der Waals surface area contributed by atoms with Crippen molar-refractivity contribution in [3.05, 3.63) is 23.3 Å². The molecule has 2 unspecified atom stereocenters. The minimum Gasteiger partial charge on any atom is -0.493 e. The standard InChI is InChI=1S/C19H27NO3/c1-12(2)7-14-11-20-6-5-13-8-18(22-3)19(23-4)9-15(13)16(20)10-17(14)21/h8-9,12,14,16H,5-7,10-11H2,1-4H3/i4D3,10D2,14D. The number of carbonyl (C=O) groups excluding carboxylic acids is 1. The van der Waals surface area contributed by atoms with Crippen molar-refractivity contribution in [1.82, 2.24) is 4.90 Å². The highest BCUT2D eigenvalue weighted by Crippen LogP contribution is 2.42. The third-order valence-electron chi connectivity index (χ3n) is 4.50. The van der Waals surface area contributed by atoms with Crippen LogP contribution in [0.3, 0.4) is 0 Å². The highest BCUT2D eigenvalue weighted by molar-refractivity contribution is 5.83. The molecule has 0 radical (unpaired) electrons. The summed E-state index contributed by atoms with van der Waals surface area (Å²) >= 11 is 0. The van der Waals surface area contributed by atoms with Crippen LogP contribution < -0.4 is 9.47 Å². The molecule has 2 aliphatic heterocycles. The van der Waals surface area contributed by atoms with Gasteiger partial charge >= 0.3 is 0 Å². The number of hydrogen-bond donors (Lipinski definition) is 0. The molecule has 4 heteroatoms. The zero-order valence-electron chi connectivity index (χ0n) is 19.8. The predicted molar refractivity (Wildman–Crippen MR) is 90.1 cm³/mol. The van der Waals surface area contributed by atoms with E-state index in [9.17, 15) is 4.79 Å². The predicted octanol–water partition coefficient (Wildman–Crippen LogP) is 3.24. The number of benzene rings is 1. The number of nitrogens with zero attached hydrogens (tertiary/aromatic N) is 1. The number of piperidine rings is 1. The van der Waals surface area contributed by atoms with E-state index in [-0.39, 0.29) is 30.4 Å². The lowest BCUT2D eigenvalue weighted by molar-refractivity contribution is -0.129. The fraction of sp³-hybridized carbons (Fsp3) is 0.632. The maximum Gasteiger partial charge on any atom is 0.161 e. The Balaban J connectivity index is 2.08. The zero-order valence-corrected chi connectivity index (χ0v) is 13.8. The molecule has 2 aliphatic rings. The van der Waals surface area contributed by atoms with Gasteiger partial charge in [0, 0.05) is 35.5 Å². The lowest BCUT2D eigenvalue weighted by Gasteiger charge is -2.43. The van der Waals surface area contributed by atoms with Crippen molar-refractivity contribution in [2.75, 3.05) is 27.2 Å². The number of ether oxygens (including phenoxy) is 2. The summed E-state index contributed by atoms with van der Waals surface area (Å²) in [5.74, 6) is -1.89. The Labute approximate surface area is 147 Å². The van der Waals surface area contributed by atoms with Gasteiger partial charge in [0.1, 0.15) is 5.78 Å². The van der Waals surface area contributed by atoms with Crippen LogP contribution in [0.1, 0.15) is 52.0 Å². The van der Waals surface area contributed by atoms with Gasteiger partial charge in [-0.2, -0.15) is 0 Å². The number of rotatable bonds is 4. The fourth-order valence-corrected chi connectivity index (χ4v) is 3.45. The van der Waals surface area contributed by atoms with E-state index in [0.717, 1.165) is 5.56 Å². The normalized spacial score (nSPS) is 34.1. The van der Waals surface area contributed by atoms with Gasteiger partial charge < -0.3 is 9.47 Å². The van der Waals surface area contributed by atoms with E-state index in [1.807, 2.05) is 18.7 Å². The molecule has 1 aromatic carbocycles. The van der Waals surface area contributed by atoms with Gasteiger partial charge in [-0.25, -0.2) is 0 Å². The monoisotopic (exact) mass is 323 g/mol. The minimum atomic E-state index is -2.69. The lowest BCUT2D eigenvalue weighted by Crippen LogP contribution is -2.46. The SMILES string of the molecule is [2H]C([2H])([2H])Oc1cc2c(cc1OC)CCN1CC([2H])(CC(C)C)C(=O)C([2H])([2H])C21. The average Bonchev–Trinajstić information content (AvgIpc) is 2.57. The molecular weight excluding hydrogens is 290 g/mol. The van der Waals surface area contributed by atoms with E-state index in [0.29, 0.717) is 18.5 Å². The molecule has 0 bridgehead atoms. The second-order valence-corrected chi connectivity index (χ2v) is 6.60. The minimum absolute atomic E-state index is 0.0127. The van der Waals surface area contributed by atoms with E-state index < -0.39 is 31.1 Å². The van der Waals surface area contributed by atoms with Crippen molar-refractivity contribution < 1.29 is 22.5 Å². The van der Waals surface area contributed by atoms with E-state index in [4.69, 9.17) is 17.7 Å². The Kier molecular flexibility index (Phi) is 2.93. The summed E-state index contributed by atoms with van der Waals surface area (Å²) in [7, 11) is -1.28. The second kappa shape index (κ2) is 6.52. The van der Waals surface area contributed by atoms with Gasteiger partial charge in [-0.3, -0.25) is 9.69 Å². The van der Waals surface area contributed by atoms with Crippen molar-refractivity contribution in [2.45, 2.75) is 39.1 Å². The number of methoxy groups -OCH3 is 2. The molecule has 126 valence electrons. The third-order valence-corrected chi connectivity index (χ3v) is 4.50. The maximum absolute atomic E-state index is 13.1. The van der Waals surface area contributed by atoms with Crippen LogP contribution in [0.2, 0.25) is 0 Å². The zero-order chi connectivity index (χ0) is 21.8. The summed E-state index contributed by atoms with van der Waals surface area (Å²) in [6.45, 7) is 4.49. The van der Waals surface area contributed by atoms with Gasteiger partial charge in [-0.15, -0.1) is 0 Å². The number of ketones is 1. The van der Waals surface area contributed by atoms with Crippen molar-refractivity contribution in [3.63, 3.8) is 0 Å². The summed E-state index contributed by atoms with van der Waals surface area (Å²) in [5.41, 5.74) is 1.31. The van der Waals surface area contributed by atoms with E-state index in [1.165, 1.54) is 13.2 Å². The van der Waals surface area contributed by atoms with Gasteiger partial charge in [0.05, 0.1) is 18.3 Å². The van der Waals surface area contributed by atoms with Crippen LogP contribution in [0.4, 0.5) is 0 Å². The van der Waals surface area contributed by atoms with Gasteiger partial charge in [0.25, 0.3) is 0 Å². The molecule has 0 aliphatic carbocycles. The second-order valence-electron chi connectivity index (χ2n) is 6.60. The van der Waals surface area contributed by atoms with E-state index in [2.05, 4.69) is 0 Å². The van der Waals surface area contributed by atoms with Crippen LogP contribution in [0.15, 0.2) is 12.1 Å². The summed E-state index contributed by atoms with van der Waals surface area (Å²) in [5, 5.41) is 0. The van der Waals surface area contributed by atoms with Crippen LogP contribution in [0, 0.1) is 11.8 Å². The first-order chi connectivity index (χ1) is 13.3. The molecule has 0 N–H and O–H groups in total. The van der Waals surface area contributed by atoms with Gasteiger partial charge in [0.2, 0.25) is 0 Å². The topological polar surface area (TPSA) is 38.8 Å². The van der Waals surface area contributed by atoms with Crippen LogP contribution in [0.25, 0.3) is 0 Å². The molecule has 1 saturated heterocycles. The molecule has 4 nitrogen and oxygen atoms in total. The molecule has 2 atom stereocenters. The van der Waals surface area contributed by atoms with E-state index >= 15 is 0 Å². The Morgan fingerprint density at radius 3 is 2.91 bits per heavy atom. The number of Topliss-reactive ketones (excluding diaryl/α,β-unsaturated/α-hetero) is 1. The van der Waals surface area contributed by atoms with Crippen LogP contribution in [-0.2, 0) is 11.2 Å². The summed E-state index contributed by atoms with van der Waals surface area (Å²) in [4.78, 5) is 14.9. The Bertz CT molecular complexity index is 810.